The Labute approximate surface area is 142 Å². The highest BCUT2D eigenvalue weighted by atomic mass is 32.2. The molecule has 2 aromatic rings. The summed E-state index contributed by atoms with van der Waals surface area (Å²) in [7, 11) is 0. The Morgan fingerprint density at radius 2 is 1.88 bits per heavy atom. The maximum absolute atomic E-state index is 11.7. The van der Waals surface area contributed by atoms with E-state index in [1.54, 1.807) is 24.3 Å². The lowest BCUT2D eigenvalue weighted by atomic mass is 10.0. The summed E-state index contributed by atoms with van der Waals surface area (Å²) in [5.41, 5.74) is 2.68. The quantitative estimate of drug-likeness (QED) is 0.613. The van der Waals surface area contributed by atoms with E-state index in [2.05, 4.69) is 0 Å². The van der Waals surface area contributed by atoms with Crippen molar-refractivity contribution in [2.75, 3.05) is 4.31 Å². The second-order valence-electron chi connectivity index (χ2n) is 5.23. The lowest BCUT2D eigenvalue weighted by Crippen LogP contribution is -2.39. The number of carboxylic acid groups (broad SMARTS) is 1. The number of rotatable bonds is 7. The molecule has 0 aliphatic heterocycles. The number of hydrogen-bond donors (Lipinski definition) is 1. The smallest absolute Gasteiger partial charge is 0.305 e. The van der Waals surface area contributed by atoms with Crippen molar-refractivity contribution in [2.24, 2.45) is 0 Å². The first kappa shape index (κ1) is 17.8. The van der Waals surface area contributed by atoms with E-state index in [-0.39, 0.29) is 5.69 Å². The van der Waals surface area contributed by atoms with Gasteiger partial charge >= 0.3 is 5.97 Å². The van der Waals surface area contributed by atoms with Crippen molar-refractivity contribution in [2.45, 2.75) is 19.4 Å². The molecule has 24 heavy (non-hydrogen) atoms. The van der Waals surface area contributed by atoms with E-state index < -0.39 is 29.7 Å². The van der Waals surface area contributed by atoms with Gasteiger partial charge in [0.1, 0.15) is 12.3 Å². The Morgan fingerprint density at radius 3 is 2.42 bits per heavy atom. The summed E-state index contributed by atoms with van der Waals surface area (Å²) in [4.78, 5) is 22.2. The van der Waals surface area contributed by atoms with E-state index in [1.807, 2.05) is 31.2 Å². The zero-order valence-electron chi connectivity index (χ0n) is 12.9. The summed E-state index contributed by atoms with van der Waals surface area (Å²) >= 11 is -2.80. The highest BCUT2D eigenvalue weighted by Crippen LogP contribution is 2.33. The van der Waals surface area contributed by atoms with Crippen LogP contribution in [0.3, 0.4) is 0 Å². The average molecular weight is 346 g/mol. The van der Waals surface area contributed by atoms with E-state index >= 15 is 0 Å². The number of hydrogen-bond acceptors (Lipinski definition) is 4. The molecule has 0 saturated carbocycles. The van der Waals surface area contributed by atoms with E-state index in [0.29, 0.717) is 11.8 Å². The normalized spacial score (nSPS) is 13.1. The Kier molecular flexibility index (Phi) is 5.83. The Bertz CT molecular complexity index is 760. The van der Waals surface area contributed by atoms with Crippen molar-refractivity contribution in [1.29, 1.82) is 0 Å². The Morgan fingerprint density at radius 1 is 1.25 bits per heavy atom. The monoisotopic (exact) mass is 346 g/mol. The highest BCUT2D eigenvalue weighted by Gasteiger charge is 2.24. The molecule has 0 radical (unpaired) electrons. The number of benzene rings is 2. The molecule has 2 atom stereocenters. The first-order chi connectivity index (χ1) is 11.4. The molecule has 0 amide bonds. The lowest BCUT2D eigenvalue weighted by Gasteiger charge is -2.32. The van der Waals surface area contributed by atoms with Crippen LogP contribution in [0.5, 0.6) is 0 Å². The third-order valence-electron chi connectivity index (χ3n) is 3.51. The van der Waals surface area contributed by atoms with Crippen LogP contribution in [-0.2, 0) is 20.9 Å². The summed E-state index contributed by atoms with van der Waals surface area (Å²) in [5.74, 6) is -1.25. The van der Waals surface area contributed by atoms with Crippen molar-refractivity contribution in [3.05, 3.63) is 54.1 Å². The van der Waals surface area contributed by atoms with Gasteiger partial charge in [-0.25, -0.2) is 0 Å². The molecule has 0 aromatic heterocycles. The number of carboxylic acids is 1. The standard InChI is InChI=1S/C17H17NO5S/c1-12-6-8-13(9-7-12)15-4-2-3-5-16(15)18(24(22)23)14(11-19)10-17(20)21/h2-9,11,14H,10H2,1H3,(H,20,21)(H,22,23)/p-1. The predicted octanol–water partition coefficient (Wildman–Crippen LogP) is 2.30. The molecule has 1 N–H and O–H groups in total. The summed E-state index contributed by atoms with van der Waals surface area (Å²) in [6.07, 6.45) is -0.282. The van der Waals surface area contributed by atoms with E-state index in [9.17, 15) is 18.4 Å². The zero-order valence-corrected chi connectivity index (χ0v) is 13.7. The predicted molar refractivity (Wildman–Crippen MR) is 90.1 cm³/mol. The summed E-state index contributed by atoms with van der Waals surface area (Å²) < 4.78 is 24.2. The topological polar surface area (TPSA) is 97.7 Å². The van der Waals surface area contributed by atoms with Crippen molar-refractivity contribution in [1.82, 2.24) is 0 Å². The molecule has 7 heteroatoms. The van der Waals surface area contributed by atoms with E-state index in [0.717, 1.165) is 15.4 Å². The molecule has 0 aliphatic carbocycles. The van der Waals surface area contributed by atoms with Crippen molar-refractivity contribution < 1.29 is 23.5 Å². The van der Waals surface area contributed by atoms with Gasteiger partial charge in [0.25, 0.3) is 0 Å². The minimum absolute atomic E-state index is 0.257. The summed E-state index contributed by atoms with van der Waals surface area (Å²) in [5, 5.41) is 8.92. The first-order valence-electron chi connectivity index (χ1n) is 7.15. The SMILES string of the molecule is Cc1ccc(-c2ccccc2N(C(C=O)CC(=O)O)S(=O)[O-])cc1. The summed E-state index contributed by atoms with van der Waals surface area (Å²) in [6, 6.07) is 12.8. The molecule has 0 fully saturated rings. The number of para-hydroxylation sites is 1. The molecule has 0 saturated heterocycles. The molecule has 2 unspecified atom stereocenters. The molecule has 2 rings (SSSR count). The van der Waals surface area contributed by atoms with Gasteiger partial charge in [0.15, 0.2) is 0 Å². The minimum atomic E-state index is -2.80. The van der Waals surface area contributed by atoms with Crippen LogP contribution in [-0.4, -0.2) is 32.2 Å². The number of anilines is 1. The van der Waals surface area contributed by atoms with Crippen molar-refractivity contribution in [3.8, 4) is 11.1 Å². The number of aryl methyl sites for hydroxylation is 1. The van der Waals surface area contributed by atoms with E-state index in [1.165, 1.54) is 0 Å². The Hall–Kier alpha value is -2.51. The molecule has 0 heterocycles. The fourth-order valence-electron chi connectivity index (χ4n) is 2.38. The molecular weight excluding hydrogens is 330 g/mol. The van der Waals surface area contributed by atoms with Gasteiger partial charge in [0.05, 0.1) is 12.1 Å². The average Bonchev–Trinajstić information content (AvgIpc) is 2.55. The van der Waals surface area contributed by atoms with Crippen LogP contribution < -0.4 is 4.31 Å². The number of aliphatic carboxylic acids is 1. The van der Waals surface area contributed by atoms with Gasteiger partial charge in [-0.2, -0.15) is 0 Å². The van der Waals surface area contributed by atoms with Gasteiger partial charge < -0.3 is 14.5 Å². The van der Waals surface area contributed by atoms with Gasteiger partial charge in [-0.1, -0.05) is 48.0 Å². The lowest BCUT2D eigenvalue weighted by molar-refractivity contribution is -0.138. The van der Waals surface area contributed by atoms with Gasteiger partial charge in [-0.15, -0.1) is 0 Å². The maximum atomic E-state index is 11.7. The Balaban J connectivity index is 2.55. The fourth-order valence-corrected chi connectivity index (χ4v) is 3.04. The van der Waals surface area contributed by atoms with Crippen LogP contribution in [0.1, 0.15) is 12.0 Å². The zero-order chi connectivity index (χ0) is 17.7. The third-order valence-corrected chi connectivity index (χ3v) is 4.30. The molecular formula is C17H16NO5S-. The van der Waals surface area contributed by atoms with Gasteiger partial charge in [0, 0.05) is 16.8 Å². The molecule has 0 bridgehead atoms. The number of nitrogens with zero attached hydrogens (tertiary/aromatic N) is 1. The van der Waals surface area contributed by atoms with Gasteiger partial charge in [0.2, 0.25) is 0 Å². The van der Waals surface area contributed by atoms with Crippen LogP contribution in [0.15, 0.2) is 48.5 Å². The molecule has 0 spiro atoms. The van der Waals surface area contributed by atoms with Gasteiger partial charge in [-0.05, 0) is 18.6 Å². The van der Waals surface area contributed by atoms with Crippen molar-refractivity contribution in [3.63, 3.8) is 0 Å². The summed E-state index contributed by atoms with van der Waals surface area (Å²) in [6.45, 7) is 1.93. The number of aldehydes is 1. The van der Waals surface area contributed by atoms with Crippen LogP contribution in [0.2, 0.25) is 0 Å². The van der Waals surface area contributed by atoms with Crippen LogP contribution in [0.4, 0.5) is 5.69 Å². The van der Waals surface area contributed by atoms with Crippen LogP contribution in [0, 0.1) is 6.92 Å². The number of carbonyl (C=O) groups is 2. The largest absolute Gasteiger partial charge is 0.755 e. The van der Waals surface area contributed by atoms with Crippen LogP contribution >= 0.6 is 0 Å². The minimum Gasteiger partial charge on any atom is -0.755 e. The molecule has 2 aromatic carbocycles. The van der Waals surface area contributed by atoms with Gasteiger partial charge in [-0.3, -0.25) is 13.3 Å². The highest BCUT2D eigenvalue weighted by molar-refractivity contribution is 7.80. The fraction of sp³-hybridized carbons (Fsp3) is 0.176. The second kappa shape index (κ2) is 7.85. The molecule has 126 valence electrons. The van der Waals surface area contributed by atoms with Crippen molar-refractivity contribution >= 4 is 29.2 Å². The maximum Gasteiger partial charge on any atom is 0.305 e. The van der Waals surface area contributed by atoms with E-state index in [4.69, 9.17) is 5.11 Å². The van der Waals surface area contributed by atoms with Crippen LogP contribution in [0.25, 0.3) is 11.1 Å². The number of carbonyl (C=O) groups excluding carboxylic acids is 1. The second-order valence-corrected chi connectivity index (χ2v) is 6.05. The molecule has 6 nitrogen and oxygen atoms in total. The molecule has 0 aliphatic rings. The third kappa shape index (κ3) is 4.06. The first-order valence-corrected chi connectivity index (χ1v) is 8.19.